The van der Waals surface area contributed by atoms with Gasteiger partial charge in [0.15, 0.2) is 0 Å². The Bertz CT molecular complexity index is 133. The van der Waals surface area contributed by atoms with E-state index in [1.807, 2.05) is 0 Å². The molecule has 0 radical (unpaired) electrons. The highest BCUT2D eigenvalue weighted by Gasteiger charge is 2.25. The first-order valence-corrected chi connectivity index (χ1v) is 3.22. The van der Waals surface area contributed by atoms with Crippen molar-refractivity contribution in [2.45, 2.75) is 6.92 Å². The van der Waals surface area contributed by atoms with Gasteiger partial charge in [-0.25, -0.2) is 9.28 Å². The van der Waals surface area contributed by atoms with Crippen molar-refractivity contribution in [3.8, 4) is 0 Å². The second-order valence-electron chi connectivity index (χ2n) is 3.01. The highest BCUT2D eigenvalue weighted by molar-refractivity contribution is 5.65. The lowest BCUT2D eigenvalue weighted by atomic mass is 10.6. The molecule has 0 aromatic heterocycles. The van der Waals surface area contributed by atoms with E-state index in [0.29, 0.717) is 11.6 Å². The molecule has 0 aromatic carbocycles. The van der Waals surface area contributed by atoms with Crippen molar-refractivity contribution < 1.29 is 26.9 Å². The van der Waals surface area contributed by atoms with Gasteiger partial charge in [-0.1, -0.05) is 0 Å². The standard InChI is InChI=1S/C6H15N2O2.ClH/c1-5-7(10)6(9)8(2,3)4;/h10H,5H2,1-4H3;1H/q+1;/p-1. The molecule has 0 heterocycles. The van der Waals surface area contributed by atoms with Crippen molar-refractivity contribution in [1.82, 2.24) is 5.06 Å². The van der Waals surface area contributed by atoms with Gasteiger partial charge in [0.2, 0.25) is 0 Å². The lowest BCUT2D eigenvalue weighted by Crippen LogP contribution is -3.00. The minimum Gasteiger partial charge on any atom is -1.00 e. The van der Waals surface area contributed by atoms with Crippen molar-refractivity contribution in [2.24, 2.45) is 0 Å². The van der Waals surface area contributed by atoms with Crippen LogP contribution in [0.1, 0.15) is 6.92 Å². The zero-order valence-electron chi connectivity index (χ0n) is 7.33. The highest BCUT2D eigenvalue weighted by atomic mass is 35.5. The van der Waals surface area contributed by atoms with Crippen LogP contribution in [0.15, 0.2) is 0 Å². The van der Waals surface area contributed by atoms with Gasteiger partial charge < -0.3 is 12.4 Å². The van der Waals surface area contributed by atoms with Gasteiger partial charge in [0.1, 0.15) is 0 Å². The largest absolute Gasteiger partial charge is 1.00 e. The monoisotopic (exact) mass is 182 g/mol. The molecule has 0 saturated heterocycles. The van der Waals surface area contributed by atoms with Gasteiger partial charge in [-0.05, 0) is 6.92 Å². The number of urea groups is 1. The zero-order valence-corrected chi connectivity index (χ0v) is 8.09. The third-order valence-corrected chi connectivity index (χ3v) is 1.09. The molecule has 68 valence electrons. The predicted molar refractivity (Wildman–Crippen MR) is 37.6 cm³/mol. The molecule has 0 rings (SSSR count). The normalized spacial score (nSPS) is 10.3. The van der Waals surface area contributed by atoms with E-state index in [2.05, 4.69) is 0 Å². The number of hydrogen-bond acceptors (Lipinski definition) is 2. The van der Waals surface area contributed by atoms with E-state index in [1.54, 1.807) is 28.1 Å². The third kappa shape index (κ3) is 4.19. The van der Waals surface area contributed by atoms with Crippen LogP contribution >= 0.6 is 0 Å². The molecule has 0 saturated carbocycles. The molecule has 5 heteroatoms. The van der Waals surface area contributed by atoms with Crippen molar-refractivity contribution in [3.05, 3.63) is 0 Å². The van der Waals surface area contributed by atoms with Crippen LogP contribution < -0.4 is 12.4 Å². The Morgan fingerprint density at radius 3 is 1.91 bits per heavy atom. The predicted octanol–water partition coefficient (Wildman–Crippen LogP) is -2.47. The minimum atomic E-state index is -0.303. The van der Waals surface area contributed by atoms with Gasteiger partial charge in [0.25, 0.3) is 0 Å². The maximum atomic E-state index is 11.0. The summed E-state index contributed by atoms with van der Waals surface area (Å²) in [7, 11) is 5.13. The smallest absolute Gasteiger partial charge is 0.442 e. The number of rotatable bonds is 1. The maximum Gasteiger partial charge on any atom is 0.442 e. The van der Waals surface area contributed by atoms with Crippen LogP contribution in [-0.2, 0) is 0 Å². The molecule has 0 aliphatic heterocycles. The zero-order chi connectivity index (χ0) is 8.36. The summed E-state index contributed by atoms with van der Waals surface area (Å²) >= 11 is 0. The Balaban J connectivity index is 0. The number of hydroxylamine groups is 2. The van der Waals surface area contributed by atoms with Gasteiger partial charge in [0.05, 0.1) is 27.7 Å². The van der Waals surface area contributed by atoms with Crippen LogP contribution in [0.5, 0.6) is 0 Å². The van der Waals surface area contributed by atoms with Crippen LogP contribution in [0.25, 0.3) is 0 Å². The molecule has 1 N–H and O–H groups in total. The summed E-state index contributed by atoms with van der Waals surface area (Å²) < 4.78 is 0.115. The van der Waals surface area contributed by atoms with E-state index < -0.39 is 0 Å². The molecule has 4 nitrogen and oxygen atoms in total. The number of nitrogens with zero attached hydrogens (tertiary/aromatic N) is 2. The van der Waals surface area contributed by atoms with Crippen LogP contribution in [0.4, 0.5) is 4.79 Å². The van der Waals surface area contributed by atoms with E-state index in [-0.39, 0.29) is 22.9 Å². The minimum absolute atomic E-state index is 0. The number of hydrogen-bond donors (Lipinski definition) is 1. The number of quaternary nitrogens is 1. The first-order valence-electron chi connectivity index (χ1n) is 3.22. The molecular formula is C6H15ClN2O2. The van der Waals surface area contributed by atoms with E-state index in [0.717, 1.165) is 0 Å². The number of halogens is 1. The Labute approximate surface area is 73.4 Å². The lowest BCUT2D eigenvalue weighted by Gasteiger charge is -2.24. The van der Waals surface area contributed by atoms with Crippen molar-refractivity contribution in [1.29, 1.82) is 0 Å². The third-order valence-electron chi connectivity index (χ3n) is 1.09. The van der Waals surface area contributed by atoms with E-state index in [1.165, 1.54) is 0 Å². The second-order valence-corrected chi connectivity index (χ2v) is 3.01. The fourth-order valence-electron chi connectivity index (χ4n) is 0.482. The summed E-state index contributed by atoms with van der Waals surface area (Å²) in [5.74, 6) is 0. The Morgan fingerprint density at radius 1 is 1.45 bits per heavy atom. The van der Waals surface area contributed by atoms with Gasteiger partial charge in [-0.3, -0.25) is 5.21 Å². The SMILES string of the molecule is CCN(O)C(=O)[N+](C)(C)C.[Cl-]. The molecule has 0 spiro atoms. The number of carbonyl (C=O) groups is 1. The van der Waals surface area contributed by atoms with Crippen LogP contribution in [0.2, 0.25) is 0 Å². The van der Waals surface area contributed by atoms with Crippen molar-refractivity contribution in [2.75, 3.05) is 27.7 Å². The Kier molecular flexibility index (Phi) is 5.48. The fraction of sp³-hybridized carbons (Fsp3) is 0.833. The summed E-state index contributed by atoms with van der Waals surface area (Å²) in [4.78, 5) is 11.0. The Hall–Kier alpha value is -0.320. The van der Waals surface area contributed by atoms with Gasteiger partial charge in [-0.2, -0.15) is 5.06 Å². The molecule has 2 amide bonds. The summed E-state index contributed by atoms with van der Waals surface area (Å²) in [5.41, 5.74) is 0. The summed E-state index contributed by atoms with van der Waals surface area (Å²) in [6, 6.07) is -0.303. The van der Waals surface area contributed by atoms with Gasteiger partial charge in [-0.15, -0.1) is 0 Å². The molecule has 0 fully saturated rings. The molecule has 11 heavy (non-hydrogen) atoms. The number of carbonyl (C=O) groups excluding carboxylic acids is 1. The van der Waals surface area contributed by atoms with E-state index in [9.17, 15) is 4.79 Å². The first kappa shape index (κ1) is 13.3. The molecular weight excluding hydrogens is 168 g/mol. The molecule has 0 aliphatic carbocycles. The molecule has 0 unspecified atom stereocenters. The average Bonchev–Trinajstić information content (AvgIpc) is 1.83. The summed E-state index contributed by atoms with van der Waals surface area (Å²) in [6.45, 7) is 2.04. The Morgan fingerprint density at radius 2 is 1.82 bits per heavy atom. The summed E-state index contributed by atoms with van der Waals surface area (Å²) in [5, 5.41) is 9.64. The highest BCUT2D eigenvalue weighted by Crippen LogP contribution is 1.97. The van der Waals surface area contributed by atoms with Crippen molar-refractivity contribution >= 4 is 6.03 Å². The quantitative estimate of drug-likeness (QED) is 0.277. The molecule has 0 atom stereocenters. The van der Waals surface area contributed by atoms with E-state index >= 15 is 0 Å². The van der Waals surface area contributed by atoms with E-state index in [4.69, 9.17) is 5.21 Å². The van der Waals surface area contributed by atoms with Gasteiger partial charge >= 0.3 is 6.03 Å². The first-order chi connectivity index (χ1) is 4.39. The van der Waals surface area contributed by atoms with Crippen molar-refractivity contribution in [3.63, 3.8) is 0 Å². The van der Waals surface area contributed by atoms with Crippen LogP contribution in [0.3, 0.4) is 0 Å². The average molecular weight is 183 g/mol. The maximum absolute atomic E-state index is 11.0. The molecule has 0 aliphatic rings. The molecule has 0 aromatic rings. The topological polar surface area (TPSA) is 40.5 Å². The number of amides is 2. The van der Waals surface area contributed by atoms with Crippen LogP contribution in [0, 0.1) is 0 Å². The van der Waals surface area contributed by atoms with Crippen LogP contribution in [-0.4, -0.2) is 48.5 Å². The van der Waals surface area contributed by atoms with Gasteiger partial charge in [0, 0.05) is 0 Å². The summed E-state index contributed by atoms with van der Waals surface area (Å²) in [6.07, 6.45) is 0. The second kappa shape index (κ2) is 4.54. The lowest BCUT2D eigenvalue weighted by molar-refractivity contribution is -0.793. The molecule has 0 bridgehead atoms. The fourth-order valence-corrected chi connectivity index (χ4v) is 0.482.